The predicted molar refractivity (Wildman–Crippen MR) is 175 cm³/mol. The minimum absolute atomic E-state index is 0.123. The van der Waals surface area contributed by atoms with E-state index in [1.165, 1.54) is 0 Å². The Labute approximate surface area is 271 Å². The summed E-state index contributed by atoms with van der Waals surface area (Å²) in [5.74, 6) is -0.318. The number of nitrogens with zero attached hydrogens (tertiary/aromatic N) is 4. The van der Waals surface area contributed by atoms with Crippen LogP contribution in [0.15, 0.2) is 48.7 Å². The standard InChI is InChI=1S/C36H46FN5O4/c1-22(2)34(43)42-24(4)20-41(30(16-18-45-5)32-31(37)23(3)15-17-39-32)21-36(42,35(38)44)19-25-7-9-27(10-8-25)29-14-13-28(26-11-12-26)33(40-29)46-6/h7-10,13-15,17,22,24,26,30H,11-12,16,18-21H2,1-6H3,(H2,38,44)/t24?,30-,36?/m1/s1. The van der Waals surface area contributed by atoms with E-state index in [0.717, 1.165) is 35.2 Å². The van der Waals surface area contributed by atoms with Gasteiger partial charge in [0.2, 0.25) is 17.7 Å². The van der Waals surface area contributed by atoms with Crippen LogP contribution >= 0.6 is 0 Å². The van der Waals surface area contributed by atoms with Gasteiger partial charge >= 0.3 is 0 Å². The van der Waals surface area contributed by atoms with E-state index >= 15 is 4.39 Å². The number of piperazine rings is 1. The second-order valence-corrected chi connectivity index (χ2v) is 13.1. The van der Waals surface area contributed by atoms with Gasteiger partial charge in [0.15, 0.2) is 0 Å². The van der Waals surface area contributed by atoms with Crippen LogP contribution in [0, 0.1) is 18.7 Å². The van der Waals surface area contributed by atoms with Crippen LogP contribution in [0.3, 0.4) is 0 Å². The van der Waals surface area contributed by atoms with Gasteiger partial charge in [-0.3, -0.25) is 19.5 Å². The van der Waals surface area contributed by atoms with E-state index in [0.29, 0.717) is 42.6 Å². The van der Waals surface area contributed by atoms with E-state index in [1.54, 1.807) is 38.3 Å². The van der Waals surface area contributed by atoms with Gasteiger partial charge in [0, 0.05) is 62.5 Å². The fraction of sp³-hybridized carbons (Fsp3) is 0.500. The maximum atomic E-state index is 15.5. The lowest BCUT2D eigenvalue weighted by Gasteiger charge is -2.54. The highest BCUT2D eigenvalue weighted by Crippen LogP contribution is 2.44. The first-order chi connectivity index (χ1) is 22.0. The second kappa shape index (κ2) is 13.8. The highest BCUT2D eigenvalue weighted by atomic mass is 19.1. The quantitative estimate of drug-likeness (QED) is 0.292. The first-order valence-corrected chi connectivity index (χ1v) is 16.1. The number of rotatable bonds is 12. The van der Waals surface area contributed by atoms with Gasteiger partial charge in [0.25, 0.3) is 0 Å². The Morgan fingerprint density at radius 2 is 1.83 bits per heavy atom. The fourth-order valence-electron chi connectivity index (χ4n) is 6.82. The first kappa shape index (κ1) is 33.5. The molecule has 1 aliphatic heterocycles. The van der Waals surface area contributed by atoms with Crippen LogP contribution in [0.2, 0.25) is 0 Å². The third-order valence-corrected chi connectivity index (χ3v) is 9.36. The van der Waals surface area contributed by atoms with Gasteiger partial charge in [-0.1, -0.05) is 44.2 Å². The van der Waals surface area contributed by atoms with Gasteiger partial charge < -0.3 is 20.1 Å². The number of carbonyl (C=O) groups excluding carboxylic acids is 2. The minimum atomic E-state index is -1.39. The fourth-order valence-corrected chi connectivity index (χ4v) is 6.82. The Hall–Kier alpha value is -3.89. The van der Waals surface area contributed by atoms with Gasteiger partial charge in [-0.05, 0) is 62.3 Å². The van der Waals surface area contributed by atoms with E-state index in [4.69, 9.17) is 20.2 Å². The molecule has 2 fully saturated rings. The molecule has 2 aromatic heterocycles. The first-order valence-electron chi connectivity index (χ1n) is 16.1. The predicted octanol–water partition coefficient (Wildman–Crippen LogP) is 5.21. The van der Waals surface area contributed by atoms with E-state index in [9.17, 15) is 9.59 Å². The highest BCUT2D eigenvalue weighted by molar-refractivity contribution is 5.92. The number of benzene rings is 1. The van der Waals surface area contributed by atoms with Crippen molar-refractivity contribution < 1.29 is 23.5 Å². The van der Waals surface area contributed by atoms with Crippen LogP contribution in [0.5, 0.6) is 5.88 Å². The molecule has 2 N–H and O–H groups in total. The molecule has 46 heavy (non-hydrogen) atoms. The van der Waals surface area contributed by atoms with Crippen molar-refractivity contribution in [3.05, 3.63) is 76.9 Å². The third-order valence-electron chi connectivity index (χ3n) is 9.36. The summed E-state index contributed by atoms with van der Waals surface area (Å²) in [6.07, 6.45) is 4.56. The van der Waals surface area contributed by atoms with Crippen molar-refractivity contribution in [1.82, 2.24) is 19.8 Å². The van der Waals surface area contributed by atoms with E-state index in [-0.39, 0.29) is 36.6 Å². The number of nitrogens with two attached hydrogens (primary N) is 1. The molecular formula is C36H46FN5O4. The molecule has 9 nitrogen and oxygen atoms in total. The summed E-state index contributed by atoms with van der Waals surface area (Å²) < 4.78 is 26.5. The number of carbonyl (C=O) groups is 2. The molecule has 2 amide bonds. The number of methoxy groups -OCH3 is 2. The summed E-state index contributed by atoms with van der Waals surface area (Å²) in [5, 5.41) is 0. The van der Waals surface area contributed by atoms with Gasteiger partial charge in [-0.15, -0.1) is 0 Å². The zero-order valence-electron chi connectivity index (χ0n) is 27.8. The molecule has 5 rings (SSSR count). The van der Waals surface area contributed by atoms with Gasteiger partial charge in [-0.2, -0.15) is 0 Å². The smallest absolute Gasteiger partial charge is 0.245 e. The molecule has 0 radical (unpaired) electrons. The highest BCUT2D eigenvalue weighted by Gasteiger charge is 2.53. The Morgan fingerprint density at radius 3 is 2.43 bits per heavy atom. The van der Waals surface area contributed by atoms with E-state index < -0.39 is 17.5 Å². The summed E-state index contributed by atoms with van der Waals surface area (Å²) in [4.78, 5) is 40.5. The van der Waals surface area contributed by atoms with Crippen molar-refractivity contribution in [2.45, 2.75) is 76.9 Å². The Bertz CT molecular complexity index is 1560. The molecule has 0 spiro atoms. The van der Waals surface area contributed by atoms with Crippen molar-refractivity contribution >= 4 is 11.8 Å². The molecule has 1 aromatic carbocycles. The van der Waals surface area contributed by atoms with Crippen LogP contribution in [0.25, 0.3) is 11.3 Å². The molecule has 10 heteroatoms. The molecule has 3 aromatic rings. The molecule has 1 saturated carbocycles. The zero-order valence-corrected chi connectivity index (χ0v) is 27.8. The Kier molecular flexibility index (Phi) is 10.1. The topological polar surface area (TPSA) is 111 Å². The second-order valence-electron chi connectivity index (χ2n) is 13.1. The molecule has 0 bridgehead atoms. The third kappa shape index (κ3) is 6.64. The van der Waals surface area contributed by atoms with E-state index in [1.807, 2.05) is 51.1 Å². The summed E-state index contributed by atoms with van der Waals surface area (Å²) in [6.45, 7) is 8.18. The molecular weight excluding hydrogens is 585 g/mol. The van der Waals surface area contributed by atoms with Crippen LogP contribution in [-0.4, -0.2) is 77.1 Å². The lowest BCUT2D eigenvalue weighted by Crippen LogP contribution is -2.73. The van der Waals surface area contributed by atoms with Crippen molar-refractivity contribution in [3.63, 3.8) is 0 Å². The number of hydrogen-bond acceptors (Lipinski definition) is 7. The largest absolute Gasteiger partial charge is 0.481 e. The summed E-state index contributed by atoms with van der Waals surface area (Å²) in [5.41, 5.74) is 9.38. The SMILES string of the molecule is COCC[C@H](c1nccc(C)c1F)N1CC(C)N(C(=O)C(C)C)C(Cc2ccc(-c3ccc(C4CC4)c(OC)n3)cc2)(C(N)=O)C1. The summed E-state index contributed by atoms with van der Waals surface area (Å²) in [7, 11) is 3.25. The molecule has 3 atom stereocenters. The number of aryl methyl sites for hydroxylation is 1. The summed E-state index contributed by atoms with van der Waals surface area (Å²) >= 11 is 0. The average Bonchev–Trinajstić information content (AvgIpc) is 3.88. The number of aromatic nitrogens is 2. The summed E-state index contributed by atoms with van der Waals surface area (Å²) in [6, 6.07) is 12.7. The maximum absolute atomic E-state index is 15.5. The maximum Gasteiger partial charge on any atom is 0.245 e. The Balaban J connectivity index is 1.52. The number of ether oxygens (including phenoxy) is 2. The molecule has 2 unspecified atom stereocenters. The Morgan fingerprint density at radius 1 is 1.11 bits per heavy atom. The van der Waals surface area contributed by atoms with Crippen LogP contribution in [0.4, 0.5) is 4.39 Å². The molecule has 1 saturated heterocycles. The van der Waals surface area contributed by atoms with Crippen LogP contribution in [0.1, 0.15) is 74.4 Å². The lowest BCUT2D eigenvalue weighted by molar-refractivity contribution is -0.161. The number of amides is 2. The molecule has 246 valence electrons. The van der Waals surface area contributed by atoms with Crippen molar-refractivity contribution in [3.8, 4) is 17.1 Å². The monoisotopic (exact) mass is 631 g/mol. The van der Waals surface area contributed by atoms with Crippen molar-refractivity contribution in [2.24, 2.45) is 11.7 Å². The molecule has 2 aliphatic rings. The number of pyridine rings is 2. The van der Waals surface area contributed by atoms with Crippen LogP contribution in [-0.2, 0) is 20.7 Å². The number of halogens is 1. The normalized spacial score (nSPS) is 21.0. The lowest BCUT2D eigenvalue weighted by atomic mass is 9.81. The number of primary amides is 1. The average molecular weight is 632 g/mol. The van der Waals surface area contributed by atoms with Gasteiger partial charge in [0.05, 0.1) is 24.5 Å². The number of hydrogen-bond donors (Lipinski definition) is 1. The van der Waals surface area contributed by atoms with Crippen molar-refractivity contribution in [1.29, 1.82) is 0 Å². The molecule has 3 heterocycles. The zero-order chi connectivity index (χ0) is 33.2. The van der Waals surface area contributed by atoms with Crippen LogP contribution < -0.4 is 10.5 Å². The van der Waals surface area contributed by atoms with Gasteiger partial charge in [-0.25, -0.2) is 9.37 Å². The van der Waals surface area contributed by atoms with Crippen molar-refractivity contribution in [2.75, 3.05) is 33.9 Å². The van der Waals surface area contributed by atoms with Gasteiger partial charge in [0.1, 0.15) is 11.4 Å². The molecule has 1 aliphatic carbocycles. The van der Waals surface area contributed by atoms with E-state index in [2.05, 4.69) is 16.0 Å². The minimum Gasteiger partial charge on any atom is -0.481 e.